The van der Waals surface area contributed by atoms with E-state index in [0.717, 1.165) is 19.4 Å². The molecule has 2 N–H and O–H groups in total. The highest BCUT2D eigenvalue weighted by Gasteiger charge is 2.26. The Morgan fingerprint density at radius 3 is 3.15 bits per heavy atom. The van der Waals surface area contributed by atoms with Gasteiger partial charge in [0, 0.05) is 0 Å². The fraction of sp³-hybridized carbons (Fsp3) is 0.778. The Balaban J connectivity index is 2.40. The largest absolute Gasteiger partial charge is 0.342 e. The van der Waals surface area contributed by atoms with E-state index in [4.69, 9.17) is 5.26 Å². The normalized spacial score (nSPS) is 27.7. The van der Waals surface area contributed by atoms with Crippen LogP contribution in [0.1, 0.15) is 19.8 Å². The maximum Gasteiger partial charge on any atom is 0.238 e. The Hall–Kier alpha value is -1.08. The highest BCUT2D eigenvalue weighted by Crippen LogP contribution is 2.15. The van der Waals surface area contributed by atoms with Crippen LogP contribution in [0.15, 0.2) is 0 Å². The molecule has 1 aliphatic rings. The minimum atomic E-state index is -0.109. The molecule has 1 aliphatic heterocycles. The van der Waals surface area contributed by atoms with Crippen molar-refractivity contribution in [3.05, 3.63) is 0 Å². The molecule has 0 aromatic heterocycles. The molecule has 4 nitrogen and oxygen atoms in total. The quantitative estimate of drug-likeness (QED) is 0.590. The summed E-state index contributed by atoms with van der Waals surface area (Å²) in [5, 5.41) is 14.0. The summed E-state index contributed by atoms with van der Waals surface area (Å²) in [6.45, 7) is 3.06. The molecular weight excluding hydrogens is 166 g/mol. The highest BCUT2D eigenvalue weighted by atomic mass is 16.2. The maximum atomic E-state index is 11.4. The molecule has 72 valence electrons. The molecule has 0 aromatic rings. The van der Waals surface area contributed by atoms with Crippen LogP contribution >= 0.6 is 0 Å². The minimum absolute atomic E-state index is 0.0475. The van der Waals surface area contributed by atoms with Crippen LogP contribution in [0.3, 0.4) is 0 Å². The van der Waals surface area contributed by atoms with Crippen molar-refractivity contribution in [3.63, 3.8) is 0 Å². The van der Waals surface area contributed by atoms with Crippen molar-refractivity contribution in [2.24, 2.45) is 5.92 Å². The van der Waals surface area contributed by atoms with Gasteiger partial charge in [-0.3, -0.25) is 4.79 Å². The third-order valence-electron chi connectivity index (χ3n) is 2.39. The number of rotatable bonds is 2. The van der Waals surface area contributed by atoms with Crippen molar-refractivity contribution in [2.45, 2.75) is 25.8 Å². The van der Waals surface area contributed by atoms with Gasteiger partial charge in [0.15, 0.2) is 0 Å². The second-order valence-electron chi connectivity index (χ2n) is 3.43. The maximum absolute atomic E-state index is 11.4. The van der Waals surface area contributed by atoms with E-state index in [2.05, 4.69) is 17.6 Å². The molecule has 1 fully saturated rings. The van der Waals surface area contributed by atoms with Gasteiger partial charge < -0.3 is 10.6 Å². The van der Waals surface area contributed by atoms with Crippen LogP contribution in [-0.2, 0) is 4.79 Å². The van der Waals surface area contributed by atoms with Crippen LogP contribution < -0.4 is 10.6 Å². The van der Waals surface area contributed by atoms with E-state index in [-0.39, 0.29) is 18.5 Å². The number of hydrogen-bond donors (Lipinski definition) is 2. The van der Waals surface area contributed by atoms with Gasteiger partial charge in [-0.05, 0) is 25.3 Å². The molecular formula is C9H15N3O. The van der Waals surface area contributed by atoms with Crippen LogP contribution in [0.5, 0.6) is 0 Å². The molecule has 1 amide bonds. The topological polar surface area (TPSA) is 64.9 Å². The summed E-state index contributed by atoms with van der Waals surface area (Å²) in [6.07, 6.45) is 2.21. The number of nitrogens with zero attached hydrogens (tertiary/aromatic N) is 1. The lowest BCUT2D eigenvalue weighted by Gasteiger charge is -2.28. The smallest absolute Gasteiger partial charge is 0.238 e. The molecule has 0 saturated carbocycles. The van der Waals surface area contributed by atoms with E-state index < -0.39 is 0 Å². The lowest BCUT2D eigenvalue weighted by Crippen LogP contribution is -2.50. The van der Waals surface area contributed by atoms with Gasteiger partial charge in [-0.25, -0.2) is 0 Å². The first kappa shape index (κ1) is 10.0. The number of nitriles is 1. The monoisotopic (exact) mass is 181 g/mol. The zero-order valence-corrected chi connectivity index (χ0v) is 7.84. The molecule has 0 spiro atoms. The summed E-state index contributed by atoms with van der Waals surface area (Å²) in [5.41, 5.74) is 0. The van der Waals surface area contributed by atoms with Crippen LogP contribution in [-0.4, -0.2) is 25.0 Å². The fourth-order valence-electron chi connectivity index (χ4n) is 1.64. The molecule has 2 unspecified atom stereocenters. The molecule has 1 heterocycles. The molecule has 1 saturated heterocycles. The van der Waals surface area contributed by atoms with Crippen LogP contribution in [0.4, 0.5) is 0 Å². The average molecular weight is 181 g/mol. The van der Waals surface area contributed by atoms with Gasteiger partial charge in [-0.2, -0.15) is 5.26 Å². The van der Waals surface area contributed by atoms with Gasteiger partial charge in [-0.15, -0.1) is 0 Å². The minimum Gasteiger partial charge on any atom is -0.342 e. The average Bonchev–Trinajstić information content (AvgIpc) is 2.15. The summed E-state index contributed by atoms with van der Waals surface area (Å²) >= 11 is 0. The van der Waals surface area contributed by atoms with Crippen molar-refractivity contribution in [1.82, 2.24) is 10.6 Å². The molecule has 2 atom stereocenters. The van der Waals surface area contributed by atoms with Crippen molar-refractivity contribution in [3.8, 4) is 6.07 Å². The first-order valence-corrected chi connectivity index (χ1v) is 4.63. The Bertz CT molecular complexity index is 221. The van der Waals surface area contributed by atoms with E-state index in [0.29, 0.717) is 5.92 Å². The standard InChI is InChI=1S/C9H15N3O/c1-7-3-2-5-11-8(7)9(13)12-6-4-10/h7-8,11H,2-3,5-6H2,1H3,(H,12,13). The zero-order valence-electron chi connectivity index (χ0n) is 7.84. The number of carbonyl (C=O) groups excluding carboxylic acids is 1. The second-order valence-corrected chi connectivity index (χ2v) is 3.43. The summed E-state index contributed by atoms with van der Waals surface area (Å²) in [5.74, 6) is 0.321. The van der Waals surface area contributed by atoms with E-state index >= 15 is 0 Å². The SMILES string of the molecule is CC1CCCNC1C(=O)NCC#N. The van der Waals surface area contributed by atoms with Crippen molar-refractivity contribution < 1.29 is 4.79 Å². The summed E-state index contributed by atoms with van der Waals surface area (Å²) < 4.78 is 0. The van der Waals surface area contributed by atoms with Gasteiger partial charge in [0.25, 0.3) is 0 Å². The molecule has 0 radical (unpaired) electrons. The first-order chi connectivity index (χ1) is 6.25. The molecule has 0 aromatic carbocycles. The van der Waals surface area contributed by atoms with Crippen molar-refractivity contribution in [2.75, 3.05) is 13.1 Å². The first-order valence-electron chi connectivity index (χ1n) is 4.63. The van der Waals surface area contributed by atoms with Crippen LogP contribution in [0.2, 0.25) is 0 Å². The van der Waals surface area contributed by atoms with E-state index in [9.17, 15) is 4.79 Å². The Morgan fingerprint density at radius 1 is 1.77 bits per heavy atom. The van der Waals surface area contributed by atoms with E-state index in [1.165, 1.54) is 0 Å². The molecule has 0 aliphatic carbocycles. The molecule has 4 heteroatoms. The predicted octanol–water partition coefficient (Wildman–Crippen LogP) is 0.0143. The van der Waals surface area contributed by atoms with Gasteiger partial charge in [-0.1, -0.05) is 6.92 Å². The lowest BCUT2D eigenvalue weighted by molar-refractivity contribution is -0.124. The van der Waals surface area contributed by atoms with Gasteiger partial charge in [0.2, 0.25) is 5.91 Å². The summed E-state index contributed by atoms with van der Waals surface area (Å²) in [7, 11) is 0. The number of amides is 1. The van der Waals surface area contributed by atoms with E-state index in [1.54, 1.807) is 0 Å². The lowest BCUT2D eigenvalue weighted by atomic mass is 9.92. The predicted molar refractivity (Wildman–Crippen MR) is 48.8 cm³/mol. The third-order valence-corrected chi connectivity index (χ3v) is 2.39. The zero-order chi connectivity index (χ0) is 9.68. The Labute approximate surface area is 78.3 Å². The number of hydrogen-bond acceptors (Lipinski definition) is 3. The molecule has 0 bridgehead atoms. The Kier molecular flexibility index (Phi) is 3.71. The number of piperidine rings is 1. The highest BCUT2D eigenvalue weighted by molar-refractivity contribution is 5.82. The fourth-order valence-corrected chi connectivity index (χ4v) is 1.64. The van der Waals surface area contributed by atoms with Gasteiger partial charge in [0.1, 0.15) is 6.54 Å². The van der Waals surface area contributed by atoms with Crippen molar-refractivity contribution in [1.29, 1.82) is 5.26 Å². The van der Waals surface area contributed by atoms with Gasteiger partial charge >= 0.3 is 0 Å². The Morgan fingerprint density at radius 2 is 2.54 bits per heavy atom. The van der Waals surface area contributed by atoms with E-state index in [1.807, 2.05) is 6.07 Å². The second kappa shape index (κ2) is 4.83. The van der Waals surface area contributed by atoms with Crippen LogP contribution in [0.25, 0.3) is 0 Å². The summed E-state index contributed by atoms with van der Waals surface area (Å²) in [4.78, 5) is 11.4. The number of carbonyl (C=O) groups is 1. The third kappa shape index (κ3) is 2.71. The summed E-state index contributed by atoms with van der Waals surface area (Å²) in [6, 6.07) is 1.78. The van der Waals surface area contributed by atoms with Crippen LogP contribution in [0, 0.1) is 17.2 Å². The van der Waals surface area contributed by atoms with Crippen molar-refractivity contribution >= 4 is 5.91 Å². The number of nitrogens with one attached hydrogen (secondary N) is 2. The molecule has 13 heavy (non-hydrogen) atoms. The van der Waals surface area contributed by atoms with Gasteiger partial charge in [0.05, 0.1) is 12.1 Å². The molecule has 1 rings (SSSR count).